The van der Waals surface area contributed by atoms with Crippen LogP contribution in [0.25, 0.3) is 0 Å². The van der Waals surface area contributed by atoms with Gasteiger partial charge in [-0.05, 0) is 47.0 Å². The van der Waals surface area contributed by atoms with Crippen molar-refractivity contribution in [2.45, 2.75) is 44.9 Å². The largest absolute Gasteiger partial charge is 0.496 e. The van der Waals surface area contributed by atoms with E-state index in [0.717, 1.165) is 28.6 Å². The molecular weight excluding hydrogens is 304 g/mol. The number of benzene rings is 1. The number of hydrogen-bond acceptors (Lipinski definition) is 2. The second-order valence-electron chi connectivity index (χ2n) is 5.26. The lowest BCUT2D eigenvalue weighted by Gasteiger charge is -2.18. The Hall–Kier alpha value is -0.830. The van der Waals surface area contributed by atoms with Gasteiger partial charge in [0.2, 0.25) is 0 Å². The molecule has 0 aliphatic heterocycles. The van der Waals surface area contributed by atoms with Crippen LogP contribution >= 0.6 is 15.9 Å². The summed E-state index contributed by atoms with van der Waals surface area (Å²) >= 11 is 3.45. The number of hydrogen-bond donors (Lipinski definition) is 0. The molecule has 0 amide bonds. The normalized spacial score (nSPS) is 17.6. The highest BCUT2D eigenvalue weighted by Gasteiger charge is 2.21. The first kappa shape index (κ1) is 14.6. The number of methoxy groups -OCH3 is 1. The average Bonchev–Trinajstić information content (AvgIpc) is 2.37. The number of carbonyl (C=O) groups is 1. The minimum atomic E-state index is 0.209. The molecule has 0 radical (unpaired) electrons. The molecule has 0 unspecified atom stereocenters. The van der Waals surface area contributed by atoms with Crippen molar-refractivity contribution in [3.63, 3.8) is 0 Å². The molecule has 1 saturated carbocycles. The van der Waals surface area contributed by atoms with E-state index in [-0.39, 0.29) is 5.92 Å². The zero-order chi connectivity index (χ0) is 13.7. The van der Waals surface area contributed by atoms with E-state index >= 15 is 0 Å². The monoisotopic (exact) mass is 324 g/mol. The average molecular weight is 325 g/mol. The van der Waals surface area contributed by atoms with Gasteiger partial charge < -0.3 is 4.74 Å². The van der Waals surface area contributed by atoms with Crippen LogP contribution in [-0.4, -0.2) is 12.9 Å². The highest BCUT2D eigenvalue weighted by atomic mass is 79.9. The van der Waals surface area contributed by atoms with Gasteiger partial charge in [0, 0.05) is 11.5 Å². The summed E-state index contributed by atoms with van der Waals surface area (Å²) in [6.45, 7) is 0. The number of Topliss-reactive ketones (excluding diaryl/α,β-unsaturated/α-hetero) is 1. The number of rotatable bonds is 3. The highest BCUT2D eigenvalue weighted by molar-refractivity contribution is 9.10. The van der Waals surface area contributed by atoms with E-state index in [2.05, 4.69) is 15.9 Å². The van der Waals surface area contributed by atoms with Crippen LogP contribution in [0.4, 0.5) is 0 Å². The van der Waals surface area contributed by atoms with Crippen LogP contribution in [0.15, 0.2) is 22.7 Å². The maximum Gasteiger partial charge on any atom is 0.165 e. The predicted molar refractivity (Wildman–Crippen MR) is 80.8 cm³/mol. The van der Waals surface area contributed by atoms with Gasteiger partial charge in [-0.3, -0.25) is 4.79 Å². The molecule has 1 fully saturated rings. The third kappa shape index (κ3) is 3.82. The molecule has 104 valence electrons. The molecular formula is C16H21BrO2. The minimum Gasteiger partial charge on any atom is -0.496 e. The zero-order valence-electron chi connectivity index (χ0n) is 11.5. The van der Waals surface area contributed by atoms with E-state index in [4.69, 9.17) is 4.74 Å². The summed E-state index contributed by atoms with van der Waals surface area (Å²) in [4.78, 5) is 12.6. The molecule has 1 aromatic carbocycles. The molecule has 2 nitrogen and oxygen atoms in total. The lowest BCUT2D eigenvalue weighted by molar-refractivity contribution is 0.0898. The van der Waals surface area contributed by atoms with Crippen molar-refractivity contribution in [2.75, 3.05) is 7.11 Å². The summed E-state index contributed by atoms with van der Waals surface area (Å²) in [5.74, 6) is 1.28. The Kier molecular flexibility index (Phi) is 5.44. The summed E-state index contributed by atoms with van der Waals surface area (Å²) in [6.07, 6.45) is 8.34. The summed E-state index contributed by atoms with van der Waals surface area (Å²) in [7, 11) is 1.64. The van der Waals surface area contributed by atoms with Gasteiger partial charge in [0.15, 0.2) is 5.78 Å². The second kappa shape index (κ2) is 7.09. The molecule has 1 aliphatic carbocycles. The Morgan fingerprint density at radius 3 is 2.37 bits per heavy atom. The zero-order valence-corrected chi connectivity index (χ0v) is 13.0. The first-order valence-corrected chi connectivity index (χ1v) is 7.89. The number of halogens is 1. The van der Waals surface area contributed by atoms with Gasteiger partial charge in [-0.1, -0.05) is 32.1 Å². The van der Waals surface area contributed by atoms with E-state index in [1.165, 1.54) is 32.1 Å². The van der Waals surface area contributed by atoms with Crippen LogP contribution in [-0.2, 0) is 0 Å². The fourth-order valence-corrected chi connectivity index (χ4v) is 3.31. The summed E-state index contributed by atoms with van der Waals surface area (Å²) in [6, 6.07) is 5.63. The molecule has 0 atom stereocenters. The first-order valence-electron chi connectivity index (χ1n) is 7.10. The van der Waals surface area contributed by atoms with Gasteiger partial charge in [-0.15, -0.1) is 0 Å². The van der Waals surface area contributed by atoms with E-state index in [0.29, 0.717) is 5.78 Å². The van der Waals surface area contributed by atoms with Crippen LogP contribution < -0.4 is 4.74 Å². The standard InChI is InChI=1S/C16H21BrO2/c1-19-15-10-9-13(11-14(15)17)16(18)12-7-5-3-2-4-6-8-12/h9-12H,2-8H2,1H3. The summed E-state index contributed by atoms with van der Waals surface area (Å²) in [5.41, 5.74) is 0.804. The lowest BCUT2D eigenvalue weighted by Crippen LogP contribution is -2.16. The van der Waals surface area contributed by atoms with Gasteiger partial charge >= 0.3 is 0 Å². The molecule has 0 bridgehead atoms. The molecule has 3 heteroatoms. The number of ketones is 1. The Morgan fingerprint density at radius 2 is 1.79 bits per heavy atom. The van der Waals surface area contributed by atoms with Crippen molar-refractivity contribution < 1.29 is 9.53 Å². The maximum absolute atomic E-state index is 12.6. The Morgan fingerprint density at radius 1 is 1.16 bits per heavy atom. The Balaban J connectivity index is 2.11. The minimum absolute atomic E-state index is 0.209. The van der Waals surface area contributed by atoms with Crippen LogP contribution in [0.3, 0.4) is 0 Å². The fourth-order valence-electron chi connectivity index (χ4n) is 2.77. The fraction of sp³-hybridized carbons (Fsp3) is 0.562. The number of carbonyl (C=O) groups excluding carboxylic acids is 1. The maximum atomic E-state index is 12.6. The third-order valence-electron chi connectivity index (χ3n) is 3.91. The quantitative estimate of drug-likeness (QED) is 0.731. The van der Waals surface area contributed by atoms with Gasteiger partial charge in [0.1, 0.15) is 5.75 Å². The molecule has 19 heavy (non-hydrogen) atoms. The van der Waals surface area contributed by atoms with Gasteiger partial charge in [-0.2, -0.15) is 0 Å². The molecule has 0 aromatic heterocycles. The predicted octanol–water partition coefficient (Wildman–Crippen LogP) is 5.00. The van der Waals surface area contributed by atoms with Crippen LogP contribution in [0.2, 0.25) is 0 Å². The lowest BCUT2D eigenvalue weighted by atomic mass is 9.86. The molecule has 0 heterocycles. The topological polar surface area (TPSA) is 26.3 Å². The molecule has 0 saturated heterocycles. The summed E-state index contributed by atoms with van der Waals surface area (Å²) < 4.78 is 6.06. The molecule has 2 rings (SSSR count). The first-order chi connectivity index (χ1) is 9.22. The van der Waals surface area contributed by atoms with Crippen molar-refractivity contribution in [3.8, 4) is 5.75 Å². The van der Waals surface area contributed by atoms with Gasteiger partial charge in [-0.25, -0.2) is 0 Å². The number of ether oxygens (including phenoxy) is 1. The van der Waals surface area contributed by atoms with Crippen molar-refractivity contribution >= 4 is 21.7 Å². The van der Waals surface area contributed by atoms with Gasteiger partial charge in [0.05, 0.1) is 11.6 Å². The molecule has 1 aliphatic rings. The SMILES string of the molecule is COc1ccc(C(=O)C2CCCCCCC2)cc1Br. The van der Waals surface area contributed by atoms with Crippen LogP contribution in [0, 0.1) is 5.92 Å². The molecule has 1 aromatic rings. The van der Waals surface area contributed by atoms with Crippen molar-refractivity contribution in [2.24, 2.45) is 5.92 Å². The van der Waals surface area contributed by atoms with Gasteiger partial charge in [0.25, 0.3) is 0 Å². The van der Waals surface area contributed by atoms with Crippen molar-refractivity contribution in [1.29, 1.82) is 0 Å². The highest BCUT2D eigenvalue weighted by Crippen LogP contribution is 2.29. The molecule has 0 N–H and O–H groups in total. The van der Waals surface area contributed by atoms with E-state index in [1.807, 2.05) is 18.2 Å². The van der Waals surface area contributed by atoms with Crippen LogP contribution in [0.1, 0.15) is 55.3 Å². The van der Waals surface area contributed by atoms with Crippen LogP contribution in [0.5, 0.6) is 5.75 Å². The third-order valence-corrected chi connectivity index (χ3v) is 4.53. The van der Waals surface area contributed by atoms with Crippen molar-refractivity contribution in [3.05, 3.63) is 28.2 Å². The van der Waals surface area contributed by atoms with Crippen molar-refractivity contribution in [1.82, 2.24) is 0 Å². The second-order valence-corrected chi connectivity index (χ2v) is 6.11. The molecule has 0 spiro atoms. The van der Waals surface area contributed by atoms with E-state index in [9.17, 15) is 4.79 Å². The van der Waals surface area contributed by atoms with E-state index < -0.39 is 0 Å². The smallest absolute Gasteiger partial charge is 0.165 e. The Labute approximate surface area is 123 Å². The Bertz CT molecular complexity index is 434. The van der Waals surface area contributed by atoms with E-state index in [1.54, 1.807) is 7.11 Å². The summed E-state index contributed by atoms with van der Waals surface area (Å²) in [5, 5.41) is 0.